The number of nitrogens with zero attached hydrogens (tertiary/aromatic N) is 3. The summed E-state index contributed by atoms with van der Waals surface area (Å²) in [5.41, 5.74) is 2.04. The first-order valence-corrected chi connectivity index (χ1v) is 10.7. The molecule has 0 saturated heterocycles. The fourth-order valence-electron chi connectivity index (χ4n) is 3.19. The van der Waals surface area contributed by atoms with Gasteiger partial charge < -0.3 is 14.6 Å². The van der Waals surface area contributed by atoms with Gasteiger partial charge in [0.25, 0.3) is 5.91 Å². The van der Waals surface area contributed by atoms with Crippen LogP contribution in [0.25, 0.3) is 0 Å². The van der Waals surface area contributed by atoms with Crippen LogP contribution in [0.1, 0.15) is 33.1 Å². The van der Waals surface area contributed by atoms with Crippen LogP contribution in [-0.2, 0) is 13.2 Å². The van der Waals surface area contributed by atoms with Crippen molar-refractivity contribution in [3.05, 3.63) is 92.7 Å². The second-order valence-electron chi connectivity index (χ2n) is 7.29. The summed E-state index contributed by atoms with van der Waals surface area (Å²) in [7, 11) is 0. The van der Waals surface area contributed by atoms with Gasteiger partial charge >= 0.3 is 0 Å². The average molecular weight is 489 g/mol. The Labute approximate surface area is 199 Å². The number of benzene rings is 2. The van der Waals surface area contributed by atoms with E-state index in [1.54, 1.807) is 41.9 Å². The quantitative estimate of drug-likeness (QED) is 0.354. The van der Waals surface area contributed by atoms with Crippen LogP contribution in [0.4, 0.5) is 10.2 Å². The van der Waals surface area contributed by atoms with E-state index in [-0.39, 0.29) is 12.3 Å². The van der Waals surface area contributed by atoms with E-state index in [0.717, 1.165) is 11.3 Å². The summed E-state index contributed by atoms with van der Waals surface area (Å²) in [5, 5.41) is 12.1. The Balaban J connectivity index is 1.48. The molecule has 0 aliphatic carbocycles. The molecule has 2 aromatic carbocycles. The van der Waals surface area contributed by atoms with Crippen molar-refractivity contribution >= 4 is 34.9 Å². The third kappa shape index (κ3) is 5.18. The van der Waals surface area contributed by atoms with Crippen LogP contribution in [0, 0.1) is 19.7 Å². The molecule has 33 heavy (non-hydrogen) atoms. The van der Waals surface area contributed by atoms with Gasteiger partial charge in [-0.05, 0) is 38.1 Å². The third-order valence-corrected chi connectivity index (χ3v) is 5.68. The van der Waals surface area contributed by atoms with E-state index in [1.165, 1.54) is 18.2 Å². The van der Waals surface area contributed by atoms with Crippen LogP contribution in [0.5, 0.6) is 5.75 Å². The molecule has 7 nitrogen and oxygen atoms in total. The van der Waals surface area contributed by atoms with Crippen LogP contribution in [-0.4, -0.2) is 20.8 Å². The highest BCUT2D eigenvalue weighted by Gasteiger charge is 2.22. The van der Waals surface area contributed by atoms with Gasteiger partial charge in [-0.3, -0.25) is 9.48 Å². The summed E-state index contributed by atoms with van der Waals surface area (Å²) in [6.07, 6.45) is 0. The summed E-state index contributed by atoms with van der Waals surface area (Å²) in [5.74, 6) is 0.154. The fraction of sp³-hybridized carbons (Fsp3) is 0.174. The Morgan fingerprint density at radius 2 is 1.85 bits per heavy atom. The summed E-state index contributed by atoms with van der Waals surface area (Å²) in [6.45, 7) is 3.85. The number of rotatable bonds is 7. The van der Waals surface area contributed by atoms with Crippen LogP contribution in [0.3, 0.4) is 0 Å². The van der Waals surface area contributed by atoms with Gasteiger partial charge in [-0.25, -0.2) is 4.39 Å². The molecule has 0 fully saturated rings. The molecule has 0 unspecified atom stereocenters. The average Bonchev–Trinajstić information content (AvgIpc) is 3.31. The molecule has 0 aliphatic heterocycles. The second-order valence-corrected chi connectivity index (χ2v) is 8.11. The Morgan fingerprint density at radius 1 is 1.12 bits per heavy atom. The van der Waals surface area contributed by atoms with E-state index >= 15 is 0 Å². The summed E-state index contributed by atoms with van der Waals surface area (Å²) in [6, 6.07) is 12.7. The molecule has 2 aromatic heterocycles. The van der Waals surface area contributed by atoms with Gasteiger partial charge in [0.05, 0.1) is 12.1 Å². The molecule has 2 heterocycles. The number of aromatic nitrogens is 3. The van der Waals surface area contributed by atoms with Crippen LogP contribution in [0.15, 0.2) is 53.1 Å². The van der Waals surface area contributed by atoms with E-state index in [2.05, 4.69) is 15.6 Å². The lowest BCUT2D eigenvalue weighted by molar-refractivity contribution is 0.101. The first-order chi connectivity index (χ1) is 15.8. The van der Waals surface area contributed by atoms with E-state index in [4.69, 9.17) is 32.5 Å². The van der Waals surface area contributed by atoms with E-state index in [0.29, 0.717) is 39.5 Å². The zero-order valence-electron chi connectivity index (χ0n) is 17.7. The second kappa shape index (κ2) is 9.64. The largest absolute Gasteiger partial charge is 0.489 e. The van der Waals surface area contributed by atoms with Crippen molar-refractivity contribution in [2.45, 2.75) is 27.0 Å². The van der Waals surface area contributed by atoms with Crippen molar-refractivity contribution in [1.82, 2.24) is 14.9 Å². The Morgan fingerprint density at radius 3 is 2.58 bits per heavy atom. The number of nitrogens with one attached hydrogen (secondary N) is 1. The van der Waals surface area contributed by atoms with Gasteiger partial charge in [-0.2, -0.15) is 5.10 Å². The number of carbonyl (C=O) groups excluding carboxylic acids is 1. The molecule has 4 rings (SSSR count). The van der Waals surface area contributed by atoms with Gasteiger partial charge in [0.1, 0.15) is 23.9 Å². The van der Waals surface area contributed by atoms with E-state index < -0.39 is 11.7 Å². The Kier molecular flexibility index (Phi) is 6.67. The maximum absolute atomic E-state index is 13.4. The molecule has 4 aromatic rings. The molecule has 170 valence electrons. The van der Waals surface area contributed by atoms with Crippen molar-refractivity contribution in [2.75, 3.05) is 5.32 Å². The van der Waals surface area contributed by atoms with Crippen LogP contribution in [0.2, 0.25) is 10.0 Å². The highest BCUT2D eigenvalue weighted by Crippen LogP contribution is 2.26. The van der Waals surface area contributed by atoms with Crippen molar-refractivity contribution in [2.24, 2.45) is 0 Å². The first-order valence-electron chi connectivity index (χ1n) is 9.94. The first kappa shape index (κ1) is 22.8. The fourth-order valence-corrected chi connectivity index (χ4v) is 3.71. The topological polar surface area (TPSA) is 82.2 Å². The van der Waals surface area contributed by atoms with Crippen molar-refractivity contribution in [3.8, 4) is 5.75 Å². The molecule has 0 aliphatic rings. The standard InChI is InChI=1S/C23H19Cl2FN4O3/c1-13-9-21(28-30(13)11-17-19(24)7-4-8-20(17)25)27-23(31)22-18(14(2)33-29-22)12-32-16-6-3-5-15(26)10-16/h3-10H,11-12H2,1-2H3,(H,27,28,31). The van der Waals surface area contributed by atoms with Gasteiger partial charge in [0.15, 0.2) is 11.5 Å². The predicted molar refractivity (Wildman–Crippen MR) is 122 cm³/mol. The zero-order valence-corrected chi connectivity index (χ0v) is 19.2. The van der Waals surface area contributed by atoms with Crippen LogP contribution < -0.4 is 10.1 Å². The number of anilines is 1. The van der Waals surface area contributed by atoms with Crippen molar-refractivity contribution < 1.29 is 18.4 Å². The number of halogens is 3. The molecule has 0 saturated carbocycles. The van der Waals surface area contributed by atoms with Crippen molar-refractivity contribution in [3.63, 3.8) is 0 Å². The lowest BCUT2D eigenvalue weighted by atomic mass is 10.2. The summed E-state index contributed by atoms with van der Waals surface area (Å²) in [4.78, 5) is 12.9. The number of ether oxygens (including phenoxy) is 1. The molecular weight excluding hydrogens is 470 g/mol. The Hall–Kier alpha value is -3.36. The van der Waals surface area contributed by atoms with Crippen LogP contribution >= 0.6 is 23.2 Å². The maximum atomic E-state index is 13.4. The molecule has 1 N–H and O–H groups in total. The zero-order chi connectivity index (χ0) is 23.5. The number of aryl methyl sites for hydroxylation is 2. The molecule has 0 bridgehead atoms. The monoisotopic (exact) mass is 488 g/mol. The van der Waals surface area contributed by atoms with Gasteiger partial charge in [0, 0.05) is 33.4 Å². The van der Waals surface area contributed by atoms with E-state index in [9.17, 15) is 9.18 Å². The lowest BCUT2D eigenvalue weighted by Gasteiger charge is -2.08. The molecule has 0 radical (unpaired) electrons. The number of amides is 1. The van der Waals surface area contributed by atoms with Gasteiger partial charge in [-0.15, -0.1) is 0 Å². The summed E-state index contributed by atoms with van der Waals surface area (Å²) < 4.78 is 25.8. The minimum absolute atomic E-state index is 0.0139. The smallest absolute Gasteiger partial charge is 0.279 e. The molecule has 1 amide bonds. The highest BCUT2D eigenvalue weighted by atomic mass is 35.5. The Bertz CT molecular complexity index is 1300. The maximum Gasteiger partial charge on any atom is 0.279 e. The lowest BCUT2D eigenvalue weighted by Crippen LogP contribution is -2.16. The van der Waals surface area contributed by atoms with E-state index in [1.807, 2.05) is 6.92 Å². The summed E-state index contributed by atoms with van der Waals surface area (Å²) >= 11 is 12.5. The predicted octanol–water partition coefficient (Wildman–Crippen LogP) is 5.81. The number of hydrogen-bond donors (Lipinski definition) is 1. The molecule has 0 spiro atoms. The molecular formula is C23H19Cl2FN4O3. The molecule has 0 atom stereocenters. The van der Waals surface area contributed by atoms with Gasteiger partial charge in [-0.1, -0.05) is 40.5 Å². The SMILES string of the molecule is Cc1onc(C(=O)Nc2cc(C)n(Cc3c(Cl)cccc3Cl)n2)c1COc1cccc(F)c1. The highest BCUT2D eigenvalue weighted by molar-refractivity contribution is 6.35. The number of hydrogen-bond acceptors (Lipinski definition) is 5. The molecule has 10 heteroatoms. The normalized spacial score (nSPS) is 10.9. The third-order valence-electron chi connectivity index (χ3n) is 4.97. The minimum Gasteiger partial charge on any atom is -0.489 e. The van der Waals surface area contributed by atoms with Crippen molar-refractivity contribution in [1.29, 1.82) is 0 Å². The van der Waals surface area contributed by atoms with Gasteiger partial charge in [0.2, 0.25) is 0 Å². The number of carbonyl (C=O) groups is 1. The minimum atomic E-state index is -0.509.